The van der Waals surface area contributed by atoms with Crippen LogP contribution in [-0.2, 0) is 14.8 Å². The summed E-state index contributed by atoms with van der Waals surface area (Å²) in [5.41, 5.74) is 0.579. The first-order valence-corrected chi connectivity index (χ1v) is 9.71. The summed E-state index contributed by atoms with van der Waals surface area (Å²) in [4.78, 5) is 12.0. The van der Waals surface area contributed by atoms with E-state index in [0.717, 1.165) is 37.0 Å². The second kappa shape index (κ2) is 5.92. The van der Waals surface area contributed by atoms with Crippen LogP contribution in [-0.4, -0.2) is 39.6 Å². The summed E-state index contributed by atoms with van der Waals surface area (Å²) < 4.78 is 32.9. The minimum Gasteiger partial charge on any atom is -0.465 e. The molecule has 2 unspecified atom stereocenters. The lowest BCUT2D eigenvalue weighted by Gasteiger charge is -2.29. The van der Waals surface area contributed by atoms with E-state index in [0.29, 0.717) is 17.6 Å². The molecule has 1 aromatic rings. The highest BCUT2D eigenvalue weighted by molar-refractivity contribution is 7.89. The molecule has 1 aromatic heterocycles. The molecule has 2 fully saturated rings. The molecule has 2 aliphatic heterocycles. The fourth-order valence-corrected chi connectivity index (χ4v) is 6.40. The van der Waals surface area contributed by atoms with E-state index in [2.05, 4.69) is 14.8 Å². The molecule has 122 valence electrons. The van der Waals surface area contributed by atoms with E-state index in [1.54, 1.807) is 12.3 Å². The Hall–Kier alpha value is -0.960. The number of piperidine rings is 1. The molecule has 0 aromatic carbocycles. The molecule has 22 heavy (non-hydrogen) atoms. The first kappa shape index (κ1) is 15.9. The van der Waals surface area contributed by atoms with Crippen molar-refractivity contribution in [2.24, 2.45) is 0 Å². The molecule has 0 aliphatic carbocycles. The predicted molar refractivity (Wildman–Crippen MR) is 83.7 cm³/mol. The fraction of sp³-hybridized carbons (Fsp3) is 0.643. The van der Waals surface area contributed by atoms with Crippen molar-refractivity contribution >= 4 is 27.3 Å². The van der Waals surface area contributed by atoms with E-state index in [1.165, 1.54) is 7.11 Å². The van der Waals surface area contributed by atoms with Gasteiger partial charge in [0.15, 0.2) is 0 Å². The van der Waals surface area contributed by atoms with Crippen molar-refractivity contribution in [2.45, 2.75) is 55.6 Å². The molecule has 6 nitrogen and oxygen atoms in total. The van der Waals surface area contributed by atoms with Crippen molar-refractivity contribution in [2.75, 3.05) is 7.11 Å². The number of carbonyl (C=O) groups is 1. The molecule has 2 aliphatic rings. The van der Waals surface area contributed by atoms with Crippen LogP contribution in [0.3, 0.4) is 0 Å². The average molecular weight is 344 g/mol. The van der Waals surface area contributed by atoms with Crippen molar-refractivity contribution in [1.29, 1.82) is 0 Å². The van der Waals surface area contributed by atoms with Gasteiger partial charge in [0.1, 0.15) is 9.77 Å². The maximum absolute atomic E-state index is 12.7. The lowest BCUT2D eigenvalue weighted by atomic mass is 10.0. The maximum Gasteiger partial charge on any atom is 0.349 e. The van der Waals surface area contributed by atoms with Gasteiger partial charge in [0.2, 0.25) is 10.0 Å². The Bertz CT molecular complexity index is 671. The Morgan fingerprint density at radius 2 is 2.00 bits per heavy atom. The Kier molecular flexibility index (Phi) is 4.28. The van der Waals surface area contributed by atoms with Gasteiger partial charge < -0.3 is 10.1 Å². The molecule has 3 rings (SSSR count). The molecular weight excluding hydrogens is 324 g/mol. The number of aryl methyl sites for hydroxylation is 1. The Balaban J connectivity index is 1.84. The molecular formula is C14H20N2O4S2. The molecule has 2 N–H and O–H groups in total. The van der Waals surface area contributed by atoms with E-state index in [9.17, 15) is 13.2 Å². The molecule has 0 spiro atoms. The SMILES string of the molecule is COC(=O)c1scc(C)c1S(=O)(=O)NC1CC2CCC(C1)N2. The first-order valence-electron chi connectivity index (χ1n) is 7.35. The van der Waals surface area contributed by atoms with Gasteiger partial charge in [-0.25, -0.2) is 17.9 Å². The third-order valence-electron chi connectivity index (χ3n) is 4.35. The van der Waals surface area contributed by atoms with Gasteiger partial charge in [-0.3, -0.25) is 0 Å². The number of methoxy groups -OCH3 is 1. The monoisotopic (exact) mass is 344 g/mol. The first-order chi connectivity index (χ1) is 10.4. The summed E-state index contributed by atoms with van der Waals surface area (Å²) in [6, 6.07) is 0.721. The summed E-state index contributed by atoms with van der Waals surface area (Å²) >= 11 is 1.11. The number of sulfonamides is 1. The van der Waals surface area contributed by atoms with Crippen molar-refractivity contribution in [3.05, 3.63) is 15.8 Å². The molecule has 3 heterocycles. The molecule has 0 saturated carbocycles. The van der Waals surface area contributed by atoms with Crippen LogP contribution in [0.25, 0.3) is 0 Å². The van der Waals surface area contributed by atoms with Gasteiger partial charge in [0.05, 0.1) is 7.11 Å². The van der Waals surface area contributed by atoms with Crippen LogP contribution < -0.4 is 10.0 Å². The second-order valence-corrected chi connectivity index (χ2v) is 8.53. The van der Waals surface area contributed by atoms with E-state index in [1.807, 2.05) is 0 Å². The van der Waals surface area contributed by atoms with E-state index in [-0.39, 0.29) is 15.8 Å². The number of carbonyl (C=O) groups excluding carboxylic acids is 1. The molecule has 8 heteroatoms. The minimum absolute atomic E-state index is 0.0650. The van der Waals surface area contributed by atoms with Crippen LogP contribution in [0.1, 0.15) is 40.9 Å². The third kappa shape index (κ3) is 2.92. The van der Waals surface area contributed by atoms with Crippen molar-refractivity contribution in [3.8, 4) is 0 Å². The lowest BCUT2D eigenvalue weighted by Crippen LogP contribution is -2.48. The molecule has 0 radical (unpaired) electrons. The van der Waals surface area contributed by atoms with E-state index >= 15 is 0 Å². The number of hydrogen-bond donors (Lipinski definition) is 2. The Morgan fingerprint density at radius 1 is 1.36 bits per heavy atom. The van der Waals surface area contributed by atoms with Crippen LogP contribution in [0, 0.1) is 6.92 Å². The second-order valence-electron chi connectivity index (χ2n) is 6.00. The smallest absolute Gasteiger partial charge is 0.349 e. The van der Waals surface area contributed by atoms with Crippen molar-refractivity contribution in [3.63, 3.8) is 0 Å². The zero-order chi connectivity index (χ0) is 15.9. The number of esters is 1. The van der Waals surface area contributed by atoms with E-state index in [4.69, 9.17) is 0 Å². The normalized spacial score (nSPS) is 27.8. The largest absolute Gasteiger partial charge is 0.465 e. The lowest BCUT2D eigenvalue weighted by molar-refractivity contribution is 0.0602. The number of nitrogens with one attached hydrogen (secondary N) is 2. The summed E-state index contributed by atoms with van der Waals surface area (Å²) in [7, 11) is -2.46. The zero-order valence-corrected chi connectivity index (χ0v) is 14.2. The Labute approximate surface area is 134 Å². The highest BCUT2D eigenvalue weighted by atomic mass is 32.2. The van der Waals surface area contributed by atoms with Gasteiger partial charge >= 0.3 is 5.97 Å². The van der Waals surface area contributed by atoms with Gasteiger partial charge in [-0.15, -0.1) is 11.3 Å². The minimum atomic E-state index is -3.72. The number of fused-ring (bicyclic) bond motifs is 2. The quantitative estimate of drug-likeness (QED) is 0.807. The summed E-state index contributed by atoms with van der Waals surface area (Å²) in [6.45, 7) is 1.70. The highest BCUT2D eigenvalue weighted by Crippen LogP contribution is 2.31. The van der Waals surface area contributed by atoms with Gasteiger partial charge in [-0.1, -0.05) is 0 Å². The highest BCUT2D eigenvalue weighted by Gasteiger charge is 2.37. The fourth-order valence-electron chi connectivity index (χ4n) is 3.43. The van der Waals surface area contributed by atoms with Crippen LogP contribution >= 0.6 is 11.3 Å². The zero-order valence-electron chi connectivity index (χ0n) is 12.6. The van der Waals surface area contributed by atoms with Gasteiger partial charge in [0.25, 0.3) is 0 Å². The van der Waals surface area contributed by atoms with Crippen LogP contribution in [0.4, 0.5) is 0 Å². The number of ether oxygens (including phenoxy) is 1. The van der Waals surface area contributed by atoms with Crippen molar-refractivity contribution in [1.82, 2.24) is 10.0 Å². The predicted octanol–water partition coefficient (Wildman–Crippen LogP) is 1.40. The summed E-state index contributed by atoms with van der Waals surface area (Å²) in [6.07, 6.45) is 3.81. The molecule has 0 amide bonds. The molecule has 2 atom stereocenters. The summed E-state index contributed by atoms with van der Waals surface area (Å²) in [5.74, 6) is -0.608. The van der Waals surface area contributed by atoms with Crippen LogP contribution in [0.5, 0.6) is 0 Å². The molecule has 2 bridgehead atoms. The van der Waals surface area contributed by atoms with Gasteiger partial charge in [-0.05, 0) is 43.6 Å². The number of thiophene rings is 1. The van der Waals surface area contributed by atoms with Gasteiger partial charge in [0, 0.05) is 18.1 Å². The Morgan fingerprint density at radius 3 is 2.59 bits per heavy atom. The van der Waals surface area contributed by atoms with E-state index < -0.39 is 16.0 Å². The average Bonchev–Trinajstić information content (AvgIpc) is 3.01. The van der Waals surface area contributed by atoms with Gasteiger partial charge in [-0.2, -0.15) is 0 Å². The standard InChI is InChI=1S/C14H20N2O4S2/c1-8-7-21-12(14(17)20-2)13(8)22(18,19)16-11-5-9-3-4-10(6-11)15-9/h7,9-11,15-16H,3-6H2,1-2H3. The topological polar surface area (TPSA) is 84.5 Å². The van der Waals surface area contributed by atoms with Crippen LogP contribution in [0.2, 0.25) is 0 Å². The number of hydrogen-bond acceptors (Lipinski definition) is 6. The third-order valence-corrected chi connectivity index (χ3v) is 7.27. The van der Waals surface area contributed by atoms with Crippen molar-refractivity contribution < 1.29 is 17.9 Å². The molecule has 2 saturated heterocycles. The maximum atomic E-state index is 12.7. The summed E-state index contributed by atoms with van der Waals surface area (Å²) in [5, 5.41) is 5.16. The van der Waals surface area contributed by atoms with Crippen LogP contribution in [0.15, 0.2) is 10.3 Å². The number of rotatable bonds is 4.